The molecule has 0 fully saturated rings. The minimum atomic E-state index is -3.72. The van der Waals surface area contributed by atoms with Crippen LogP contribution in [0.5, 0.6) is 0 Å². The van der Waals surface area contributed by atoms with Crippen molar-refractivity contribution in [3.8, 4) is 0 Å². The van der Waals surface area contributed by atoms with Gasteiger partial charge < -0.3 is 0 Å². The van der Waals surface area contributed by atoms with Gasteiger partial charge in [0, 0.05) is 4.90 Å². The topological polar surface area (TPSA) is 72.0 Å². The van der Waals surface area contributed by atoms with Crippen LogP contribution in [0.15, 0.2) is 46.5 Å². The van der Waals surface area contributed by atoms with Gasteiger partial charge in [-0.1, -0.05) is 19.1 Å². The van der Waals surface area contributed by atoms with Crippen molar-refractivity contribution in [1.29, 1.82) is 0 Å². The van der Waals surface area contributed by atoms with E-state index < -0.39 is 10.0 Å². The fraction of sp³-hybridized carbons (Fsp3) is 0.167. The normalized spacial score (nSPS) is 11.3. The second-order valence-corrected chi connectivity index (χ2v) is 7.05. The highest BCUT2D eigenvalue weighted by Crippen LogP contribution is 2.28. The van der Waals surface area contributed by atoms with Crippen molar-refractivity contribution in [2.75, 3.05) is 10.5 Å². The summed E-state index contributed by atoms with van der Waals surface area (Å²) in [5.74, 6) is 0.850. The zero-order valence-corrected chi connectivity index (χ0v) is 13.0. The standard InChI is InChI=1S/C12H12ClN3O2S2/c1-2-19-11-6-4-3-5-10(11)16-20(17,18)9-7-14-12(13)15-8-9/h3-8,16H,2H2,1H3. The van der Waals surface area contributed by atoms with Gasteiger partial charge in [-0.2, -0.15) is 0 Å². The van der Waals surface area contributed by atoms with Crippen LogP contribution in [0, 0.1) is 0 Å². The summed E-state index contributed by atoms with van der Waals surface area (Å²) in [5, 5.41) is 0.00545. The van der Waals surface area contributed by atoms with E-state index in [0.717, 1.165) is 10.6 Å². The van der Waals surface area contributed by atoms with Gasteiger partial charge in [0.1, 0.15) is 4.90 Å². The third-order valence-corrected chi connectivity index (χ3v) is 4.81. The highest BCUT2D eigenvalue weighted by molar-refractivity contribution is 7.99. The Labute approximate surface area is 126 Å². The molecule has 0 saturated carbocycles. The number of hydrogen-bond donors (Lipinski definition) is 1. The van der Waals surface area contributed by atoms with Crippen LogP contribution in [0.1, 0.15) is 6.92 Å². The number of para-hydroxylation sites is 1. The van der Waals surface area contributed by atoms with Gasteiger partial charge in [-0.15, -0.1) is 11.8 Å². The predicted octanol–water partition coefficient (Wildman–Crippen LogP) is 3.04. The van der Waals surface area contributed by atoms with Gasteiger partial charge in [-0.3, -0.25) is 4.72 Å². The van der Waals surface area contributed by atoms with Crippen LogP contribution in [-0.4, -0.2) is 24.1 Å². The zero-order chi connectivity index (χ0) is 14.6. The van der Waals surface area contributed by atoms with E-state index in [1.807, 2.05) is 19.1 Å². The molecule has 0 aliphatic rings. The van der Waals surface area contributed by atoms with Crippen molar-refractivity contribution in [2.24, 2.45) is 0 Å². The van der Waals surface area contributed by atoms with Crippen molar-refractivity contribution < 1.29 is 8.42 Å². The lowest BCUT2D eigenvalue weighted by Gasteiger charge is -2.11. The molecule has 1 aromatic carbocycles. The Morgan fingerprint density at radius 1 is 1.25 bits per heavy atom. The third kappa shape index (κ3) is 3.62. The van der Waals surface area contributed by atoms with E-state index in [0.29, 0.717) is 5.69 Å². The summed E-state index contributed by atoms with van der Waals surface area (Å²) in [6, 6.07) is 7.22. The molecular formula is C12H12ClN3O2S2. The molecular weight excluding hydrogens is 318 g/mol. The average Bonchev–Trinajstić information content (AvgIpc) is 2.41. The largest absolute Gasteiger partial charge is 0.278 e. The SMILES string of the molecule is CCSc1ccccc1NS(=O)(=O)c1cnc(Cl)nc1. The van der Waals surface area contributed by atoms with Gasteiger partial charge >= 0.3 is 0 Å². The number of aromatic nitrogens is 2. The maximum Gasteiger partial charge on any atom is 0.265 e. The molecule has 0 saturated heterocycles. The quantitative estimate of drug-likeness (QED) is 0.674. The van der Waals surface area contributed by atoms with E-state index >= 15 is 0 Å². The van der Waals surface area contributed by atoms with E-state index in [2.05, 4.69) is 14.7 Å². The Kier molecular flexibility index (Phi) is 4.85. The number of benzene rings is 1. The lowest BCUT2D eigenvalue weighted by molar-refractivity contribution is 0.600. The Morgan fingerprint density at radius 2 is 1.90 bits per heavy atom. The number of nitrogens with zero attached hydrogens (tertiary/aromatic N) is 2. The number of thioether (sulfide) groups is 1. The lowest BCUT2D eigenvalue weighted by Crippen LogP contribution is -2.14. The smallest absolute Gasteiger partial charge is 0.265 e. The Hall–Kier alpha value is -1.31. The molecule has 0 aliphatic heterocycles. The summed E-state index contributed by atoms with van der Waals surface area (Å²) in [4.78, 5) is 8.19. The van der Waals surface area contributed by atoms with E-state index in [4.69, 9.17) is 11.6 Å². The second-order valence-electron chi connectivity index (χ2n) is 3.72. The minimum absolute atomic E-state index is 0.00545. The Morgan fingerprint density at radius 3 is 2.55 bits per heavy atom. The molecule has 0 aliphatic carbocycles. The molecule has 0 atom stereocenters. The van der Waals surface area contributed by atoms with E-state index in [1.165, 1.54) is 12.4 Å². The molecule has 2 rings (SSSR count). The van der Waals surface area contributed by atoms with Crippen LogP contribution in [-0.2, 0) is 10.0 Å². The van der Waals surface area contributed by atoms with E-state index in [9.17, 15) is 8.42 Å². The van der Waals surface area contributed by atoms with Crippen LogP contribution in [0.3, 0.4) is 0 Å². The maximum atomic E-state index is 12.2. The lowest BCUT2D eigenvalue weighted by atomic mass is 10.3. The van der Waals surface area contributed by atoms with E-state index in [1.54, 1.807) is 23.9 Å². The average molecular weight is 330 g/mol. The highest BCUT2D eigenvalue weighted by atomic mass is 35.5. The summed E-state index contributed by atoms with van der Waals surface area (Å²) in [5.41, 5.74) is 0.536. The molecule has 106 valence electrons. The first-order valence-electron chi connectivity index (χ1n) is 5.75. The molecule has 8 heteroatoms. The summed E-state index contributed by atoms with van der Waals surface area (Å²) >= 11 is 7.11. The predicted molar refractivity (Wildman–Crippen MR) is 80.7 cm³/mol. The van der Waals surface area contributed by atoms with Gasteiger partial charge in [0.05, 0.1) is 18.1 Å². The van der Waals surface area contributed by atoms with Crippen LogP contribution in [0.2, 0.25) is 5.28 Å². The fourth-order valence-corrected chi connectivity index (χ4v) is 3.37. The van der Waals surface area contributed by atoms with Crippen LogP contribution in [0.25, 0.3) is 0 Å². The molecule has 20 heavy (non-hydrogen) atoms. The van der Waals surface area contributed by atoms with Crippen molar-refractivity contribution in [1.82, 2.24) is 9.97 Å². The zero-order valence-electron chi connectivity index (χ0n) is 10.6. The monoisotopic (exact) mass is 329 g/mol. The van der Waals surface area contributed by atoms with Crippen LogP contribution >= 0.6 is 23.4 Å². The Balaban J connectivity index is 2.31. The van der Waals surface area contributed by atoms with Crippen molar-refractivity contribution in [2.45, 2.75) is 16.7 Å². The molecule has 0 radical (unpaired) electrons. The van der Waals surface area contributed by atoms with Gasteiger partial charge in [0.15, 0.2) is 0 Å². The molecule has 0 spiro atoms. The van der Waals surface area contributed by atoms with Crippen molar-refractivity contribution in [3.63, 3.8) is 0 Å². The summed E-state index contributed by atoms with van der Waals surface area (Å²) in [6.45, 7) is 2.00. The van der Waals surface area contributed by atoms with Crippen LogP contribution in [0.4, 0.5) is 5.69 Å². The maximum absolute atomic E-state index is 12.2. The number of nitrogens with one attached hydrogen (secondary N) is 1. The molecule has 0 bridgehead atoms. The third-order valence-electron chi connectivity index (χ3n) is 2.34. The number of rotatable bonds is 5. The molecule has 5 nitrogen and oxygen atoms in total. The summed E-state index contributed by atoms with van der Waals surface area (Å²) in [7, 11) is -3.72. The molecule has 0 unspecified atom stereocenters. The van der Waals surface area contributed by atoms with Gasteiger partial charge in [0.2, 0.25) is 5.28 Å². The van der Waals surface area contributed by atoms with Gasteiger partial charge in [0.25, 0.3) is 10.0 Å². The molecule has 1 heterocycles. The fourth-order valence-electron chi connectivity index (χ4n) is 1.48. The molecule has 2 aromatic rings. The molecule has 0 amide bonds. The summed E-state index contributed by atoms with van der Waals surface area (Å²) < 4.78 is 27.0. The summed E-state index contributed by atoms with van der Waals surface area (Å²) in [6.07, 6.45) is 2.35. The number of hydrogen-bond acceptors (Lipinski definition) is 5. The first-order valence-corrected chi connectivity index (χ1v) is 8.60. The van der Waals surface area contributed by atoms with Crippen molar-refractivity contribution >= 4 is 39.1 Å². The minimum Gasteiger partial charge on any atom is -0.278 e. The molecule has 1 aromatic heterocycles. The van der Waals surface area contributed by atoms with Gasteiger partial charge in [-0.25, -0.2) is 18.4 Å². The van der Waals surface area contributed by atoms with Crippen molar-refractivity contribution in [3.05, 3.63) is 41.9 Å². The second kappa shape index (κ2) is 6.43. The first kappa shape index (κ1) is 15.1. The molecule has 1 N–H and O–H groups in total. The number of halogens is 1. The first-order chi connectivity index (χ1) is 9.53. The number of sulfonamides is 1. The number of anilines is 1. The van der Waals surface area contributed by atoms with Gasteiger partial charge in [-0.05, 0) is 29.5 Å². The Bertz CT molecular complexity index is 690. The highest BCUT2D eigenvalue weighted by Gasteiger charge is 2.16. The van der Waals surface area contributed by atoms with E-state index in [-0.39, 0.29) is 10.2 Å². The van der Waals surface area contributed by atoms with Crippen LogP contribution < -0.4 is 4.72 Å².